The first-order valence-electron chi connectivity index (χ1n) is 7.07. The quantitative estimate of drug-likeness (QED) is 0.546. The highest BCUT2D eigenvalue weighted by Crippen LogP contribution is 2.16. The van der Waals surface area contributed by atoms with Crippen LogP contribution in [0.5, 0.6) is 0 Å². The molecule has 0 aliphatic carbocycles. The van der Waals surface area contributed by atoms with E-state index in [1.165, 1.54) is 0 Å². The van der Waals surface area contributed by atoms with Crippen LogP contribution in [0.3, 0.4) is 0 Å². The molecule has 0 aliphatic rings. The molecule has 3 aromatic heterocycles. The number of carbonyl (C=O) groups is 1. The van der Waals surface area contributed by atoms with E-state index in [0.717, 1.165) is 5.52 Å². The lowest BCUT2D eigenvalue weighted by Gasteiger charge is -2.09. The van der Waals surface area contributed by atoms with Crippen molar-refractivity contribution in [2.75, 3.05) is 5.73 Å². The highest BCUT2D eigenvalue weighted by atomic mass is 16.3. The van der Waals surface area contributed by atoms with Crippen LogP contribution in [-0.2, 0) is 13.1 Å². The SMILES string of the molecule is NC(=O)c1ccc[n+](CC(O)Cn2cnc3c(N)nccc32)c1. The Morgan fingerprint density at radius 1 is 1.39 bits per heavy atom. The van der Waals surface area contributed by atoms with E-state index >= 15 is 0 Å². The van der Waals surface area contributed by atoms with E-state index in [0.29, 0.717) is 30.0 Å². The molecule has 0 fully saturated rings. The number of nitrogens with zero attached hydrogens (tertiary/aromatic N) is 4. The first kappa shape index (κ1) is 14.9. The number of imidazole rings is 1. The highest BCUT2D eigenvalue weighted by molar-refractivity contribution is 5.92. The Labute approximate surface area is 132 Å². The van der Waals surface area contributed by atoms with Crippen LogP contribution in [0, 0.1) is 0 Å². The van der Waals surface area contributed by atoms with Gasteiger partial charge in [-0.1, -0.05) is 0 Å². The molecule has 0 spiro atoms. The fraction of sp³-hybridized carbons (Fsp3) is 0.200. The molecule has 3 rings (SSSR count). The topological polar surface area (TPSA) is 124 Å². The van der Waals surface area contributed by atoms with E-state index in [1.54, 1.807) is 47.7 Å². The third kappa shape index (κ3) is 3.11. The summed E-state index contributed by atoms with van der Waals surface area (Å²) >= 11 is 0. The average Bonchev–Trinajstić information content (AvgIpc) is 2.92. The van der Waals surface area contributed by atoms with Crippen LogP contribution in [0.1, 0.15) is 10.4 Å². The van der Waals surface area contributed by atoms with Gasteiger partial charge in [0.05, 0.1) is 18.4 Å². The lowest BCUT2D eigenvalue weighted by atomic mass is 10.2. The third-order valence-corrected chi connectivity index (χ3v) is 3.54. The number of amides is 1. The van der Waals surface area contributed by atoms with Crippen LogP contribution in [0.2, 0.25) is 0 Å². The summed E-state index contributed by atoms with van der Waals surface area (Å²) in [5.41, 5.74) is 12.8. The third-order valence-electron chi connectivity index (χ3n) is 3.54. The molecule has 0 aliphatic heterocycles. The van der Waals surface area contributed by atoms with Crippen molar-refractivity contribution in [2.24, 2.45) is 5.73 Å². The van der Waals surface area contributed by atoms with E-state index in [-0.39, 0.29) is 0 Å². The number of nitrogens with two attached hydrogens (primary N) is 2. The van der Waals surface area contributed by atoms with Gasteiger partial charge in [0.25, 0.3) is 5.91 Å². The molecule has 0 saturated carbocycles. The predicted octanol–water partition coefficient (Wildman–Crippen LogP) is -0.539. The van der Waals surface area contributed by atoms with Crippen molar-refractivity contribution >= 4 is 22.8 Å². The maximum absolute atomic E-state index is 11.2. The molecule has 0 saturated heterocycles. The van der Waals surface area contributed by atoms with Gasteiger partial charge in [-0.15, -0.1) is 0 Å². The van der Waals surface area contributed by atoms with Gasteiger partial charge < -0.3 is 21.1 Å². The standard InChI is InChI=1S/C15H16N6O2/c16-14-13-12(3-4-18-14)21(9-19-13)8-11(22)7-20-5-1-2-10(6-20)15(17)23/h1-6,9,11,22H,7-8H2,(H3-,16,17,18,23)/p+1. The number of hydrogen-bond acceptors (Lipinski definition) is 5. The van der Waals surface area contributed by atoms with Crippen molar-refractivity contribution in [3.05, 3.63) is 48.7 Å². The van der Waals surface area contributed by atoms with Crippen molar-refractivity contribution in [1.82, 2.24) is 14.5 Å². The van der Waals surface area contributed by atoms with Crippen LogP contribution < -0.4 is 16.0 Å². The van der Waals surface area contributed by atoms with Gasteiger partial charge in [-0.05, 0) is 12.1 Å². The van der Waals surface area contributed by atoms with E-state index in [9.17, 15) is 9.90 Å². The molecule has 1 amide bonds. The van der Waals surface area contributed by atoms with Gasteiger partial charge in [0, 0.05) is 12.3 Å². The van der Waals surface area contributed by atoms with Gasteiger partial charge in [-0.2, -0.15) is 0 Å². The monoisotopic (exact) mass is 313 g/mol. The van der Waals surface area contributed by atoms with Crippen LogP contribution in [0.15, 0.2) is 43.1 Å². The van der Waals surface area contributed by atoms with Gasteiger partial charge >= 0.3 is 0 Å². The molecule has 0 radical (unpaired) electrons. The smallest absolute Gasteiger partial charge is 0.254 e. The molecule has 1 unspecified atom stereocenters. The Kier molecular flexibility index (Phi) is 3.90. The molecule has 118 valence electrons. The molecular weight excluding hydrogens is 296 g/mol. The first-order valence-corrected chi connectivity index (χ1v) is 7.07. The lowest BCUT2D eigenvalue weighted by Crippen LogP contribution is -2.41. The van der Waals surface area contributed by atoms with Crippen molar-refractivity contribution in [1.29, 1.82) is 0 Å². The number of anilines is 1. The van der Waals surface area contributed by atoms with Crippen LogP contribution in [-0.4, -0.2) is 31.7 Å². The molecule has 3 aromatic rings. The molecular formula is C15H17N6O2+. The first-order chi connectivity index (χ1) is 11.0. The molecule has 3 heterocycles. The molecule has 8 nitrogen and oxygen atoms in total. The van der Waals surface area contributed by atoms with Gasteiger partial charge in [-0.25, -0.2) is 14.5 Å². The zero-order chi connectivity index (χ0) is 16.4. The summed E-state index contributed by atoms with van der Waals surface area (Å²) in [5.74, 6) is -0.142. The van der Waals surface area contributed by atoms with Gasteiger partial charge in [0.2, 0.25) is 0 Å². The average molecular weight is 313 g/mol. The minimum Gasteiger partial charge on any atom is -0.385 e. The second-order valence-electron chi connectivity index (χ2n) is 5.27. The van der Waals surface area contributed by atoms with Crippen molar-refractivity contribution in [2.45, 2.75) is 19.2 Å². The van der Waals surface area contributed by atoms with Crippen LogP contribution >= 0.6 is 0 Å². The summed E-state index contributed by atoms with van der Waals surface area (Å²) in [4.78, 5) is 19.4. The summed E-state index contributed by atoms with van der Waals surface area (Å²) in [6.45, 7) is 0.662. The molecule has 1 atom stereocenters. The fourth-order valence-corrected chi connectivity index (χ4v) is 2.47. The lowest BCUT2D eigenvalue weighted by molar-refractivity contribution is -0.703. The summed E-state index contributed by atoms with van der Waals surface area (Å²) in [6, 6.07) is 5.14. The van der Waals surface area contributed by atoms with Gasteiger partial charge in [0.15, 0.2) is 24.8 Å². The van der Waals surface area contributed by atoms with E-state index in [2.05, 4.69) is 9.97 Å². The van der Waals surface area contributed by atoms with Gasteiger partial charge in [-0.3, -0.25) is 4.79 Å². The van der Waals surface area contributed by atoms with Crippen molar-refractivity contribution in [3.63, 3.8) is 0 Å². The number of fused-ring (bicyclic) bond motifs is 1. The Balaban J connectivity index is 1.76. The highest BCUT2D eigenvalue weighted by Gasteiger charge is 2.15. The molecule has 8 heteroatoms. The number of aliphatic hydroxyl groups is 1. The molecule has 0 aromatic carbocycles. The summed E-state index contributed by atoms with van der Waals surface area (Å²) in [6.07, 6.45) is 5.93. The van der Waals surface area contributed by atoms with E-state index in [1.807, 2.05) is 4.57 Å². The fourth-order valence-electron chi connectivity index (χ4n) is 2.47. The number of aromatic nitrogens is 4. The normalized spacial score (nSPS) is 12.4. The molecule has 23 heavy (non-hydrogen) atoms. The maximum atomic E-state index is 11.2. The minimum absolute atomic E-state index is 0.321. The summed E-state index contributed by atoms with van der Waals surface area (Å²) in [7, 11) is 0. The molecule has 5 N–H and O–H groups in total. The Bertz CT molecular complexity index is 860. The Hall–Kier alpha value is -3.00. The maximum Gasteiger partial charge on any atom is 0.254 e. The second kappa shape index (κ2) is 6.01. The number of rotatable bonds is 5. The molecule has 0 bridgehead atoms. The Morgan fingerprint density at radius 2 is 2.22 bits per heavy atom. The minimum atomic E-state index is -0.671. The number of aliphatic hydroxyl groups excluding tert-OH is 1. The number of pyridine rings is 2. The summed E-state index contributed by atoms with van der Waals surface area (Å²) in [5, 5.41) is 10.3. The second-order valence-corrected chi connectivity index (χ2v) is 5.27. The van der Waals surface area contributed by atoms with Crippen molar-refractivity contribution in [3.8, 4) is 0 Å². The Morgan fingerprint density at radius 3 is 3.00 bits per heavy atom. The number of primary amides is 1. The summed E-state index contributed by atoms with van der Waals surface area (Å²) < 4.78 is 3.54. The van der Waals surface area contributed by atoms with Crippen molar-refractivity contribution < 1.29 is 14.5 Å². The predicted molar refractivity (Wildman–Crippen MR) is 83.1 cm³/mol. The zero-order valence-electron chi connectivity index (χ0n) is 12.3. The largest absolute Gasteiger partial charge is 0.385 e. The van der Waals surface area contributed by atoms with E-state index in [4.69, 9.17) is 11.5 Å². The van der Waals surface area contributed by atoms with Crippen LogP contribution in [0.25, 0.3) is 11.0 Å². The van der Waals surface area contributed by atoms with E-state index < -0.39 is 12.0 Å². The number of carbonyl (C=O) groups excluding carboxylic acids is 1. The van der Waals surface area contributed by atoms with Crippen LogP contribution in [0.4, 0.5) is 5.82 Å². The van der Waals surface area contributed by atoms with Gasteiger partial charge in [0.1, 0.15) is 17.2 Å². The number of nitrogen functional groups attached to an aromatic ring is 1. The zero-order valence-corrected chi connectivity index (χ0v) is 12.3. The number of hydrogen-bond donors (Lipinski definition) is 3.